The minimum absolute atomic E-state index is 0.276. The van der Waals surface area contributed by atoms with Gasteiger partial charge in [-0.05, 0) is 38.0 Å². The molecular weight excluding hydrogens is 258 g/mol. The average molecular weight is 289 g/mol. The molecule has 21 heavy (non-hydrogen) atoms. The minimum Gasteiger partial charge on any atom is -0.384 e. The maximum atomic E-state index is 4.26. The molecular formula is C18H31N3. The van der Waals surface area contributed by atoms with Crippen molar-refractivity contribution in [2.45, 2.75) is 57.5 Å². The Labute approximate surface area is 130 Å². The second-order valence-electron chi connectivity index (χ2n) is 6.45. The van der Waals surface area contributed by atoms with E-state index in [1.54, 1.807) is 0 Å². The minimum atomic E-state index is 0.276. The van der Waals surface area contributed by atoms with E-state index in [0.29, 0.717) is 12.0 Å². The lowest BCUT2D eigenvalue weighted by molar-refractivity contribution is 0.356. The third-order valence-electron chi connectivity index (χ3n) is 4.51. The zero-order valence-electron chi connectivity index (χ0n) is 13.7. The van der Waals surface area contributed by atoms with Gasteiger partial charge in [-0.3, -0.25) is 0 Å². The first-order valence-electron chi connectivity index (χ1n) is 8.40. The molecule has 3 nitrogen and oxygen atoms in total. The molecule has 2 N–H and O–H groups in total. The molecule has 0 bridgehead atoms. The van der Waals surface area contributed by atoms with E-state index in [9.17, 15) is 0 Å². The molecule has 1 saturated carbocycles. The molecule has 1 fully saturated rings. The van der Waals surface area contributed by atoms with Gasteiger partial charge in [0.15, 0.2) is 0 Å². The quantitative estimate of drug-likeness (QED) is 0.763. The Morgan fingerprint density at radius 3 is 2.86 bits per heavy atom. The van der Waals surface area contributed by atoms with Gasteiger partial charge in [-0.25, -0.2) is 0 Å². The Morgan fingerprint density at radius 2 is 2.10 bits per heavy atom. The molecule has 118 valence electrons. The Kier molecular flexibility index (Phi) is 5.77. The molecule has 1 aliphatic carbocycles. The van der Waals surface area contributed by atoms with Gasteiger partial charge in [0.25, 0.3) is 0 Å². The predicted octanol–water partition coefficient (Wildman–Crippen LogP) is 3.38. The lowest BCUT2D eigenvalue weighted by atomic mass is 10.1. The highest BCUT2D eigenvalue weighted by molar-refractivity contribution is 5.15. The SMILES string of the molecule is C=C1NC2C[C@H]2/C=C\CCCCN(C)C(=C)NC1CCC. The Morgan fingerprint density at radius 1 is 1.29 bits per heavy atom. The van der Waals surface area contributed by atoms with Crippen molar-refractivity contribution in [3.05, 3.63) is 36.8 Å². The van der Waals surface area contributed by atoms with Crippen LogP contribution in [0, 0.1) is 5.92 Å². The van der Waals surface area contributed by atoms with Gasteiger partial charge in [0.2, 0.25) is 0 Å². The van der Waals surface area contributed by atoms with E-state index >= 15 is 0 Å². The van der Waals surface area contributed by atoms with E-state index in [0.717, 1.165) is 30.9 Å². The number of fused-ring (bicyclic) bond motifs is 1. The fraction of sp³-hybridized carbons (Fsp3) is 0.667. The first-order valence-corrected chi connectivity index (χ1v) is 8.40. The van der Waals surface area contributed by atoms with Gasteiger partial charge >= 0.3 is 0 Å². The Balaban J connectivity index is 2.01. The van der Waals surface area contributed by atoms with Gasteiger partial charge < -0.3 is 15.5 Å². The van der Waals surface area contributed by atoms with Gasteiger partial charge in [-0.2, -0.15) is 0 Å². The third kappa shape index (κ3) is 4.83. The van der Waals surface area contributed by atoms with Crippen LogP contribution in [0.15, 0.2) is 36.8 Å². The van der Waals surface area contributed by atoms with Gasteiger partial charge in [0.1, 0.15) is 0 Å². The summed E-state index contributed by atoms with van der Waals surface area (Å²) in [6.07, 6.45) is 11.9. The number of hydrogen-bond donors (Lipinski definition) is 2. The fourth-order valence-corrected chi connectivity index (χ4v) is 2.88. The number of nitrogens with zero attached hydrogens (tertiary/aromatic N) is 1. The Hall–Kier alpha value is -1.38. The third-order valence-corrected chi connectivity index (χ3v) is 4.51. The summed E-state index contributed by atoms with van der Waals surface area (Å²) in [5, 5.41) is 7.17. The van der Waals surface area contributed by atoms with Crippen molar-refractivity contribution in [2.75, 3.05) is 13.6 Å². The molecule has 0 aromatic rings. The van der Waals surface area contributed by atoms with Crippen LogP contribution < -0.4 is 10.6 Å². The van der Waals surface area contributed by atoms with Crippen LogP contribution in [0.4, 0.5) is 0 Å². The highest BCUT2D eigenvalue weighted by Gasteiger charge is 2.35. The maximum absolute atomic E-state index is 4.26. The summed E-state index contributed by atoms with van der Waals surface area (Å²) in [7, 11) is 2.12. The van der Waals surface area contributed by atoms with Crippen LogP contribution in [0.2, 0.25) is 0 Å². The molecule has 0 aromatic heterocycles. The van der Waals surface area contributed by atoms with Crippen LogP contribution in [-0.2, 0) is 0 Å². The van der Waals surface area contributed by atoms with Crippen LogP contribution in [-0.4, -0.2) is 30.6 Å². The smallest absolute Gasteiger partial charge is 0.0941 e. The predicted molar refractivity (Wildman–Crippen MR) is 90.8 cm³/mol. The lowest BCUT2D eigenvalue weighted by Crippen LogP contribution is -2.40. The molecule has 0 radical (unpaired) electrons. The van der Waals surface area contributed by atoms with Crippen LogP contribution in [0.3, 0.4) is 0 Å². The monoisotopic (exact) mass is 289 g/mol. The summed E-state index contributed by atoms with van der Waals surface area (Å²) in [6, 6.07) is 0.863. The summed E-state index contributed by atoms with van der Waals surface area (Å²) < 4.78 is 0. The average Bonchev–Trinajstić information content (AvgIpc) is 3.18. The van der Waals surface area contributed by atoms with Crippen LogP contribution in [0.5, 0.6) is 0 Å². The number of rotatable bonds is 2. The summed E-state index contributed by atoms with van der Waals surface area (Å²) in [5.41, 5.74) is 1.12. The van der Waals surface area contributed by atoms with Gasteiger partial charge in [0, 0.05) is 25.3 Å². The van der Waals surface area contributed by atoms with Crippen molar-refractivity contribution in [1.82, 2.24) is 15.5 Å². The molecule has 0 amide bonds. The van der Waals surface area contributed by atoms with Crippen LogP contribution in [0.1, 0.15) is 45.4 Å². The van der Waals surface area contributed by atoms with E-state index in [1.165, 1.54) is 25.7 Å². The van der Waals surface area contributed by atoms with Crippen LogP contribution in [0.25, 0.3) is 0 Å². The molecule has 2 unspecified atom stereocenters. The van der Waals surface area contributed by atoms with Gasteiger partial charge in [-0.1, -0.05) is 38.7 Å². The second-order valence-corrected chi connectivity index (χ2v) is 6.45. The number of nitrogens with one attached hydrogen (secondary N) is 2. The number of allylic oxidation sites excluding steroid dienone is 1. The molecule has 3 heteroatoms. The molecule has 0 aromatic carbocycles. The van der Waals surface area contributed by atoms with Crippen molar-refractivity contribution < 1.29 is 0 Å². The van der Waals surface area contributed by atoms with E-state index in [4.69, 9.17) is 0 Å². The highest BCUT2D eigenvalue weighted by atomic mass is 15.2. The molecule has 2 aliphatic rings. The zero-order valence-corrected chi connectivity index (χ0v) is 13.7. The van der Waals surface area contributed by atoms with Crippen LogP contribution >= 0.6 is 0 Å². The topological polar surface area (TPSA) is 27.3 Å². The standard InChI is InChI=1S/C18H31N3/c1-5-10-17-14(2)19-18-13-16(18)11-8-6-7-9-12-21(4)15(3)20-17/h8,11,16-20H,2-3,5-7,9-10,12-13H2,1,4H3/b11-8-/t16-,17?,18?/m1/s1. The zero-order chi connectivity index (χ0) is 15.2. The molecule has 0 saturated heterocycles. The molecule has 1 aliphatic heterocycles. The van der Waals surface area contributed by atoms with Crippen molar-refractivity contribution in [3.8, 4) is 0 Å². The highest BCUT2D eigenvalue weighted by Crippen LogP contribution is 2.33. The maximum Gasteiger partial charge on any atom is 0.0941 e. The summed E-state index contributed by atoms with van der Waals surface area (Å²) in [6.45, 7) is 11.7. The summed E-state index contributed by atoms with van der Waals surface area (Å²) in [4.78, 5) is 2.23. The van der Waals surface area contributed by atoms with E-state index in [2.05, 4.69) is 54.8 Å². The molecule has 2 rings (SSSR count). The van der Waals surface area contributed by atoms with Crippen molar-refractivity contribution in [1.29, 1.82) is 0 Å². The van der Waals surface area contributed by atoms with Crippen molar-refractivity contribution in [2.24, 2.45) is 5.92 Å². The van der Waals surface area contributed by atoms with Crippen molar-refractivity contribution in [3.63, 3.8) is 0 Å². The first-order chi connectivity index (χ1) is 10.1. The second kappa shape index (κ2) is 7.58. The molecule has 1 heterocycles. The first kappa shape index (κ1) is 16.0. The lowest BCUT2D eigenvalue weighted by Gasteiger charge is -2.29. The van der Waals surface area contributed by atoms with Crippen molar-refractivity contribution >= 4 is 0 Å². The Bertz CT molecular complexity index is 399. The van der Waals surface area contributed by atoms with Gasteiger partial charge in [0.05, 0.1) is 11.9 Å². The van der Waals surface area contributed by atoms with E-state index in [1.807, 2.05) is 0 Å². The van der Waals surface area contributed by atoms with Gasteiger partial charge in [-0.15, -0.1) is 0 Å². The molecule has 3 atom stereocenters. The number of hydrogen-bond acceptors (Lipinski definition) is 3. The normalized spacial score (nSPS) is 32.5. The van der Waals surface area contributed by atoms with E-state index in [-0.39, 0.29) is 6.04 Å². The fourth-order valence-electron chi connectivity index (χ4n) is 2.88. The molecule has 0 spiro atoms. The summed E-state index contributed by atoms with van der Waals surface area (Å²) in [5.74, 6) is 1.72. The largest absolute Gasteiger partial charge is 0.384 e. The van der Waals surface area contributed by atoms with E-state index < -0.39 is 0 Å². The summed E-state index contributed by atoms with van der Waals surface area (Å²) >= 11 is 0.